The number of ether oxygens (including phenoxy) is 1. The van der Waals surface area contributed by atoms with E-state index in [-0.39, 0.29) is 17.9 Å². The Labute approximate surface area is 156 Å². The van der Waals surface area contributed by atoms with Gasteiger partial charge in [-0.25, -0.2) is 0 Å². The lowest BCUT2D eigenvalue weighted by Gasteiger charge is -2.08. The second kappa shape index (κ2) is 7.78. The van der Waals surface area contributed by atoms with E-state index in [9.17, 15) is 9.59 Å². The van der Waals surface area contributed by atoms with Crippen LogP contribution in [0.25, 0.3) is 0 Å². The maximum Gasteiger partial charge on any atom is 0.291 e. The first-order valence-electron chi connectivity index (χ1n) is 8.43. The van der Waals surface area contributed by atoms with Gasteiger partial charge in [-0.2, -0.15) is 0 Å². The van der Waals surface area contributed by atoms with E-state index in [4.69, 9.17) is 14.9 Å². The molecular weight excluding hydrogens is 344 g/mol. The van der Waals surface area contributed by atoms with Crippen molar-refractivity contribution in [2.75, 3.05) is 5.32 Å². The van der Waals surface area contributed by atoms with E-state index in [1.807, 2.05) is 32.0 Å². The summed E-state index contributed by atoms with van der Waals surface area (Å²) < 4.78 is 11.3. The number of benzene rings is 2. The summed E-state index contributed by atoms with van der Waals surface area (Å²) in [4.78, 5) is 23.8. The monoisotopic (exact) mass is 364 g/mol. The van der Waals surface area contributed by atoms with Gasteiger partial charge in [0.15, 0.2) is 5.76 Å². The third kappa shape index (κ3) is 4.36. The van der Waals surface area contributed by atoms with Crippen molar-refractivity contribution in [3.8, 4) is 5.75 Å². The Hall–Kier alpha value is -3.54. The molecule has 0 aliphatic rings. The van der Waals surface area contributed by atoms with Crippen molar-refractivity contribution in [1.29, 1.82) is 0 Å². The highest BCUT2D eigenvalue weighted by Gasteiger charge is 2.15. The predicted octanol–water partition coefficient (Wildman–Crippen LogP) is 3.83. The molecule has 138 valence electrons. The first-order valence-corrected chi connectivity index (χ1v) is 8.43. The maximum atomic E-state index is 12.4. The number of furan rings is 1. The Morgan fingerprint density at radius 1 is 1.07 bits per heavy atom. The first-order chi connectivity index (χ1) is 12.9. The fourth-order valence-electron chi connectivity index (χ4n) is 2.68. The molecule has 6 heteroatoms. The van der Waals surface area contributed by atoms with E-state index in [1.165, 1.54) is 0 Å². The number of amides is 2. The standard InChI is InChI=1S/C21H20N2O4/c1-13-7-9-18(14(2)11-13)26-12-15-8-10-19(27-15)21(25)23-17-6-4-3-5-16(17)20(22)24/h3-11H,12H2,1-2H3,(H2,22,24)(H,23,25). The van der Waals surface area contributed by atoms with Crippen molar-refractivity contribution in [3.05, 3.63) is 82.8 Å². The second-order valence-electron chi connectivity index (χ2n) is 6.19. The molecule has 0 spiro atoms. The summed E-state index contributed by atoms with van der Waals surface area (Å²) in [5, 5.41) is 2.64. The molecule has 3 aromatic rings. The summed E-state index contributed by atoms with van der Waals surface area (Å²) in [6.45, 7) is 4.19. The third-order valence-electron chi connectivity index (χ3n) is 4.03. The van der Waals surface area contributed by atoms with Crippen LogP contribution >= 0.6 is 0 Å². The first kappa shape index (κ1) is 18.3. The Kier molecular flexibility index (Phi) is 5.26. The van der Waals surface area contributed by atoms with Crippen LogP contribution < -0.4 is 15.8 Å². The molecule has 0 saturated heterocycles. The number of carbonyl (C=O) groups excluding carboxylic acids is 2. The SMILES string of the molecule is Cc1ccc(OCc2ccc(C(=O)Nc3ccccc3C(N)=O)o2)c(C)c1. The molecule has 0 aliphatic carbocycles. The minimum absolute atomic E-state index is 0.119. The Balaban J connectivity index is 1.67. The number of nitrogens with one attached hydrogen (secondary N) is 1. The van der Waals surface area contributed by atoms with Gasteiger partial charge in [-0.15, -0.1) is 0 Å². The average Bonchev–Trinajstić information content (AvgIpc) is 3.10. The van der Waals surface area contributed by atoms with Crippen LogP contribution in [-0.4, -0.2) is 11.8 Å². The van der Waals surface area contributed by atoms with Crippen LogP contribution in [0.15, 0.2) is 59.0 Å². The summed E-state index contributed by atoms with van der Waals surface area (Å²) in [7, 11) is 0. The van der Waals surface area contributed by atoms with Gasteiger partial charge < -0.3 is 20.2 Å². The lowest BCUT2D eigenvalue weighted by molar-refractivity contribution is 0.0992. The number of nitrogens with two attached hydrogens (primary N) is 1. The van der Waals surface area contributed by atoms with Crippen LogP contribution in [0.4, 0.5) is 5.69 Å². The molecule has 1 aromatic heterocycles. The number of hydrogen-bond acceptors (Lipinski definition) is 4. The average molecular weight is 364 g/mol. The largest absolute Gasteiger partial charge is 0.485 e. The van der Waals surface area contributed by atoms with Gasteiger partial charge in [-0.1, -0.05) is 29.8 Å². The smallest absolute Gasteiger partial charge is 0.291 e. The van der Waals surface area contributed by atoms with Gasteiger partial charge in [0.05, 0.1) is 11.3 Å². The number of primary amides is 1. The summed E-state index contributed by atoms with van der Waals surface area (Å²) >= 11 is 0. The normalized spacial score (nSPS) is 10.4. The van der Waals surface area contributed by atoms with Gasteiger partial charge >= 0.3 is 0 Å². The van der Waals surface area contributed by atoms with Gasteiger partial charge in [0.2, 0.25) is 0 Å². The summed E-state index contributed by atoms with van der Waals surface area (Å²) in [6.07, 6.45) is 0. The lowest BCUT2D eigenvalue weighted by Crippen LogP contribution is -2.17. The van der Waals surface area contributed by atoms with Gasteiger partial charge in [0.25, 0.3) is 11.8 Å². The fraction of sp³-hybridized carbons (Fsp3) is 0.143. The number of aryl methyl sites for hydroxylation is 2. The van der Waals surface area contributed by atoms with Crippen molar-refractivity contribution in [2.45, 2.75) is 20.5 Å². The Bertz CT molecular complexity index is 991. The molecule has 0 atom stereocenters. The van der Waals surface area contributed by atoms with Crippen molar-refractivity contribution in [3.63, 3.8) is 0 Å². The predicted molar refractivity (Wildman–Crippen MR) is 102 cm³/mol. The Morgan fingerprint density at radius 3 is 2.59 bits per heavy atom. The molecule has 0 saturated carbocycles. The van der Waals surface area contributed by atoms with Crippen LogP contribution in [0.3, 0.4) is 0 Å². The van der Waals surface area contributed by atoms with Crippen LogP contribution in [0.2, 0.25) is 0 Å². The van der Waals surface area contributed by atoms with Crippen molar-refractivity contribution in [2.24, 2.45) is 5.73 Å². The highest BCUT2D eigenvalue weighted by Crippen LogP contribution is 2.21. The van der Waals surface area contributed by atoms with E-state index >= 15 is 0 Å². The molecule has 2 aromatic carbocycles. The summed E-state index contributed by atoms with van der Waals surface area (Å²) in [5.74, 6) is 0.310. The number of carbonyl (C=O) groups is 2. The summed E-state index contributed by atoms with van der Waals surface area (Å²) in [6, 6.07) is 15.7. The van der Waals surface area contributed by atoms with E-state index in [0.29, 0.717) is 11.4 Å². The number of hydrogen-bond donors (Lipinski definition) is 2. The molecule has 1 heterocycles. The molecule has 27 heavy (non-hydrogen) atoms. The van der Waals surface area contributed by atoms with Gasteiger partial charge in [0.1, 0.15) is 18.1 Å². The zero-order valence-corrected chi connectivity index (χ0v) is 15.1. The highest BCUT2D eigenvalue weighted by atomic mass is 16.5. The minimum Gasteiger partial charge on any atom is -0.485 e. The van der Waals surface area contributed by atoms with Gasteiger partial charge in [-0.05, 0) is 49.7 Å². The zero-order chi connectivity index (χ0) is 19.4. The lowest BCUT2D eigenvalue weighted by atomic mass is 10.1. The van der Waals surface area contributed by atoms with Crippen molar-refractivity contribution in [1.82, 2.24) is 0 Å². The molecule has 3 rings (SSSR count). The van der Waals surface area contributed by atoms with Crippen LogP contribution in [0.1, 0.15) is 37.8 Å². The molecule has 0 aliphatic heterocycles. The summed E-state index contributed by atoms with van der Waals surface area (Å²) in [5.41, 5.74) is 8.07. The minimum atomic E-state index is -0.618. The van der Waals surface area contributed by atoms with Crippen molar-refractivity contribution < 1.29 is 18.7 Å². The number of para-hydroxylation sites is 1. The quantitative estimate of drug-likeness (QED) is 0.695. The van der Waals surface area contributed by atoms with E-state index in [0.717, 1.165) is 16.9 Å². The van der Waals surface area contributed by atoms with Crippen LogP contribution in [-0.2, 0) is 6.61 Å². The maximum absolute atomic E-state index is 12.4. The van der Waals surface area contributed by atoms with Crippen molar-refractivity contribution >= 4 is 17.5 Å². The van der Waals surface area contributed by atoms with Gasteiger partial charge in [0, 0.05) is 0 Å². The Morgan fingerprint density at radius 2 is 1.85 bits per heavy atom. The fourth-order valence-corrected chi connectivity index (χ4v) is 2.68. The number of rotatable bonds is 6. The van der Waals surface area contributed by atoms with Crippen LogP contribution in [0.5, 0.6) is 5.75 Å². The third-order valence-corrected chi connectivity index (χ3v) is 4.03. The molecule has 2 amide bonds. The highest BCUT2D eigenvalue weighted by molar-refractivity contribution is 6.07. The molecule has 0 radical (unpaired) electrons. The number of anilines is 1. The molecular formula is C21H20N2O4. The van der Waals surface area contributed by atoms with E-state index in [2.05, 4.69) is 5.32 Å². The van der Waals surface area contributed by atoms with E-state index < -0.39 is 11.8 Å². The topological polar surface area (TPSA) is 94.6 Å². The molecule has 0 bridgehead atoms. The molecule has 0 unspecified atom stereocenters. The van der Waals surface area contributed by atoms with E-state index in [1.54, 1.807) is 36.4 Å². The van der Waals surface area contributed by atoms with Gasteiger partial charge in [-0.3, -0.25) is 9.59 Å². The molecule has 0 fully saturated rings. The van der Waals surface area contributed by atoms with Crippen LogP contribution in [0, 0.1) is 13.8 Å². The zero-order valence-electron chi connectivity index (χ0n) is 15.1. The molecule has 6 nitrogen and oxygen atoms in total. The second-order valence-corrected chi connectivity index (χ2v) is 6.19. The molecule has 3 N–H and O–H groups in total.